The maximum absolute atomic E-state index is 13.0. The van der Waals surface area contributed by atoms with Crippen molar-refractivity contribution < 1.29 is 29.0 Å². The van der Waals surface area contributed by atoms with Crippen molar-refractivity contribution in [3.05, 3.63) is 16.2 Å². The molecule has 3 N–H and O–H groups in total. The number of carboxylic acid groups (broad SMARTS) is 1. The molecule has 39 heavy (non-hydrogen) atoms. The first-order valence-corrected chi connectivity index (χ1v) is 15.8. The molecule has 4 rings (SSSR count). The number of carbonyl (C=O) groups is 4. The van der Waals surface area contributed by atoms with E-state index in [2.05, 4.69) is 20.8 Å². The van der Waals surface area contributed by atoms with Gasteiger partial charge in [0.05, 0.1) is 0 Å². The number of aryl methyl sites for hydroxylation is 1. The van der Waals surface area contributed by atoms with Crippen molar-refractivity contribution in [3.8, 4) is 0 Å². The van der Waals surface area contributed by atoms with Crippen LogP contribution in [0.5, 0.6) is 0 Å². The van der Waals surface area contributed by atoms with Crippen molar-refractivity contribution in [2.75, 3.05) is 24.6 Å². The number of hydrogen-bond acceptors (Lipinski definition) is 10. The van der Waals surface area contributed by atoms with Crippen LogP contribution in [0.3, 0.4) is 0 Å². The van der Waals surface area contributed by atoms with Crippen molar-refractivity contribution in [2.45, 2.75) is 81.2 Å². The summed E-state index contributed by atoms with van der Waals surface area (Å²) < 4.78 is 6.02. The van der Waals surface area contributed by atoms with Crippen molar-refractivity contribution >= 4 is 58.7 Å². The van der Waals surface area contributed by atoms with E-state index >= 15 is 0 Å². The molecule has 0 saturated carbocycles. The van der Waals surface area contributed by atoms with Crippen LogP contribution < -0.4 is 10.6 Å². The molecule has 0 aromatic carbocycles. The summed E-state index contributed by atoms with van der Waals surface area (Å²) in [7, 11) is 0. The number of ether oxygens (including phenoxy) is 1. The molecule has 0 radical (unpaired) electrons. The number of carbonyl (C=O) groups excluding carboxylic acids is 3. The van der Waals surface area contributed by atoms with Crippen LogP contribution in [0.25, 0.3) is 0 Å². The second-order valence-corrected chi connectivity index (χ2v) is 14.6. The van der Waals surface area contributed by atoms with Crippen LogP contribution in [-0.2, 0) is 19.1 Å². The Morgan fingerprint density at radius 3 is 2.56 bits per heavy atom. The Balaban J connectivity index is 1.32. The van der Waals surface area contributed by atoms with E-state index in [4.69, 9.17) is 4.74 Å². The molecule has 2 saturated heterocycles. The minimum atomic E-state index is -1.10. The minimum Gasteiger partial charge on any atom is -0.481 e. The van der Waals surface area contributed by atoms with Gasteiger partial charge in [-0.15, -0.1) is 22.0 Å². The highest BCUT2D eigenvalue weighted by Crippen LogP contribution is 2.44. The third kappa shape index (κ3) is 7.26. The van der Waals surface area contributed by atoms with Crippen LogP contribution in [0.1, 0.15) is 57.9 Å². The number of fused-ring (bicyclic) bond motifs is 1. The summed E-state index contributed by atoms with van der Waals surface area (Å²) in [6.07, 6.45) is 3.22. The number of β-lactam (4-membered cyclic amide) rings is 1. The van der Waals surface area contributed by atoms with Gasteiger partial charge in [-0.25, -0.2) is 4.79 Å². The van der Waals surface area contributed by atoms with Crippen LogP contribution in [-0.4, -0.2) is 85.7 Å². The molecule has 14 heteroatoms. The molecule has 2 unspecified atom stereocenters. The minimum absolute atomic E-state index is 0.0988. The van der Waals surface area contributed by atoms with E-state index in [0.29, 0.717) is 16.6 Å². The Kier molecular flexibility index (Phi) is 9.16. The SMILES string of the molecule is Cc1nnc(SCC2(C(=O)O)CS[C@@H]3C(NC(=O)CC4=C(CNC(=O)OC(C)(C)C)CCCC4)C(=O)N3C2)s1. The summed E-state index contributed by atoms with van der Waals surface area (Å²) in [5.41, 5.74) is 0.335. The van der Waals surface area contributed by atoms with Crippen LogP contribution in [0.2, 0.25) is 0 Å². The predicted molar refractivity (Wildman–Crippen MR) is 150 cm³/mol. The molecule has 1 aromatic rings. The zero-order valence-corrected chi connectivity index (χ0v) is 25.0. The summed E-state index contributed by atoms with van der Waals surface area (Å²) in [4.78, 5) is 51.8. The van der Waals surface area contributed by atoms with Gasteiger partial charge in [0.25, 0.3) is 0 Å². The third-order valence-electron chi connectivity index (χ3n) is 6.82. The topological polar surface area (TPSA) is 151 Å². The maximum atomic E-state index is 13.0. The van der Waals surface area contributed by atoms with E-state index in [-0.39, 0.29) is 35.9 Å². The monoisotopic (exact) mass is 597 g/mol. The maximum Gasteiger partial charge on any atom is 0.407 e. The van der Waals surface area contributed by atoms with Gasteiger partial charge in [0.2, 0.25) is 11.8 Å². The van der Waals surface area contributed by atoms with Crippen molar-refractivity contribution in [1.82, 2.24) is 25.7 Å². The Hall–Kier alpha value is -2.32. The summed E-state index contributed by atoms with van der Waals surface area (Å²) in [6, 6.07) is -0.666. The van der Waals surface area contributed by atoms with E-state index in [0.717, 1.165) is 41.8 Å². The lowest BCUT2D eigenvalue weighted by Crippen LogP contribution is -2.74. The van der Waals surface area contributed by atoms with Gasteiger partial charge in [0.1, 0.15) is 27.4 Å². The van der Waals surface area contributed by atoms with Crippen molar-refractivity contribution in [2.24, 2.45) is 5.41 Å². The summed E-state index contributed by atoms with van der Waals surface area (Å²) >= 11 is 4.15. The summed E-state index contributed by atoms with van der Waals surface area (Å²) in [6.45, 7) is 7.68. The van der Waals surface area contributed by atoms with Gasteiger partial charge in [-0.1, -0.05) is 34.2 Å². The molecule has 1 aliphatic carbocycles. The molecule has 214 valence electrons. The number of nitrogens with one attached hydrogen (secondary N) is 2. The average molecular weight is 598 g/mol. The highest BCUT2D eigenvalue weighted by molar-refractivity contribution is 8.01. The number of rotatable bonds is 9. The lowest BCUT2D eigenvalue weighted by molar-refractivity contribution is -0.157. The molecular formula is C25H35N5O6S3. The van der Waals surface area contributed by atoms with E-state index < -0.39 is 29.1 Å². The molecular weight excluding hydrogens is 563 g/mol. The van der Waals surface area contributed by atoms with E-state index in [1.807, 2.05) is 6.92 Å². The van der Waals surface area contributed by atoms with Gasteiger partial charge < -0.3 is 25.4 Å². The fourth-order valence-electron chi connectivity index (χ4n) is 4.81. The second-order valence-electron chi connectivity index (χ2n) is 11.1. The third-order valence-corrected chi connectivity index (χ3v) is 10.7. The van der Waals surface area contributed by atoms with Crippen LogP contribution in [0.15, 0.2) is 15.5 Å². The highest BCUT2D eigenvalue weighted by Gasteiger charge is 2.57. The molecule has 3 aliphatic rings. The zero-order valence-electron chi connectivity index (χ0n) is 22.6. The molecule has 3 amide bonds. The lowest BCUT2D eigenvalue weighted by atomic mass is 9.88. The van der Waals surface area contributed by atoms with Gasteiger partial charge in [-0.3, -0.25) is 14.4 Å². The molecule has 1 aromatic heterocycles. The van der Waals surface area contributed by atoms with Crippen LogP contribution in [0, 0.1) is 12.3 Å². The van der Waals surface area contributed by atoms with Crippen LogP contribution in [0.4, 0.5) is 4.79 Å². The Morgan fingerprint density at radius 2 is 1.92 bits per heavy atom. The number of carboxylic acids is 1. The van der Waals surface area contributed by atoms with Crippen molar-refractivity contribution in [3.63, 3.8) is 0 Å². The first kappa shape index (κ1) is 29.7. The van der Waals surface area contributed by atoms with Gasteiger partial charge in [-0.05, 0) is 53.4 Å². The lowest BCUT2D eigenvalue weighted by Gasteiger charge is -2.53. The number of amides is 3. The van der Waals surface area contributed by atoms with E-state index in [1.165, 1.54) is 34.9 Å². The number of hydrogen-bond donors (Lipinski definition) is 3. The average Bonchev–Trinajstić information content (AvgIpc) is 3.29. The summed E-state index contributed by atoms with van der Waals surface area (Å²) in [5, 5.41) is 24.3. The Labute approximate surface area is 240 Å². The summed E-state index contributed by atoms with van der Waals surface area (Å²) in [5.74, 6) is -0.824. The molecule has 2 aliphatic heterocycles. The number of alkyl carbamates (subject to hydrolysis) is 1. The molecule has 0 bridgehead atoms. The number of aliphatic carboxylic acids is 1. The first-order chi connectivity index (χ1) is 18.4. The Morgan fingerprint density at radius 1 is 1.21 bits per heavy atom. The molecule has 0 spiro atoms. The van der Waals surface area contributed by atoms with Gasteiger partial charge >= 0.3 is 12.1 Å². The number of thioether (sulfide) groups is 2. The molecule has 11 nitrogen and oxygen atoms in total. The van der Waals surface area contributed by atoms with Gasteiger partial charge in [0, 0.05) is 31.0 Å². The largest absolute Gasteiger partial charge is 0.481 e. The zero-order chi connectivity index (χ0) is 28.4. The second kappa shape index (κ2) is 12.0. The smallest absolute Gasteiger partial charge is 0.407 e. The van der Waals surface area contributed by atoms with Crippen LogP contribution >= 0.6 is 34.9 Å². The predicted octanol–water partition coefficient (Wildman–Crippen LogP) is 3.19. The highest BCUT2D eigenvalue weighted by atomic mass is 32.2. The number of aromatic nitrogens is 2. The van der Waals surface area contributed by atoms with Gasteiger partial charge in [0.15, 0.2) is 4.34 Å². The number of nitrogens with zero attached hydrogens (tertiary/aromatic N) is 3. The van der Waals surface area contributed by atoms with Gasteiger partial charge in [-0.2, -0.15) is 0 Å². The Bertz CT molecular complexity index is 1170. The molecule has 3 heterocycles. The normalized spacial score (nSPS) is 25.0. The quantitative estimate of drug-likeness (QED) is 0.220. The molecule has 3 atom stereocenters. The van der Waals surface area contributed by atoms with E-state index in [1.54, 1.807) is 25.7 Å². The fourth-order valence-corrected chi connectivity index (χ4v) is 8.49. The molecule has 2 fully saturated rings. The standard InChI is InChI=1S/C25H35N5O6S3/c1-14-28-29-23(39-14)38-13-25(21(33)34)11-30-19(32)18(20(30)37-12-25)27-17(31)9-15-7-5-6-8-16(15)10-26-22(35)36-24(2,3)4/h18,20H,5-13H2,1-4H3,(H,26,35)(H,27,31)(H,33,34)/t18?,20-,25?/m1/s1. The first-order valence-electron chi connectivity index (χ1n) is 12.9. The van der Waals surface area contributed by atoms with E-state index in [9.17, 15) is 24.3 Å². The fraction of sp³-hybridized carbons (Fsp3) is 0.680. The van der Waals surface area contributed by atoms with Crippen molar-refractivity contribution in [1.29, 1.82) is 0 Å².